The number of aryl methyl sites for hydroxylation is 1. The first-order chi connectivity index (χ1) is 10.2. The van der Waals surface area contributed by atoms with Crippen LogP contribution in [0.5, 0.6) is 0 Å². The number of hydrogen-bond acceptors (Lipinski definition) is 2. The Morgan fingerprint density at radius 1 is 1.24 bits per heavy atom. The van der Waals surface area contributed by atoms with Crippen molar-refractivity contribution >= 4 is 11.6 Å². The lowest BCUT2D eigenvalue weighted by atomic mass is 10.0. The fourth-order valence-corrected chi connectivity index (χ4v) is 3.47. The summed E-state index contributed by atoms with van der Waals surface area (Å²) >= 11 is 6.37. The van der Waals surface area contributed by atoms with E-state index in [4.69, 9.17) is 11.6 Å². The molecule has 1 N–H and O–H groups in total. The average Bonchev–Trinajstić information content (AvgIpc) is 2.52. The number of piperidine rings is 1. The zero-order chi connectivity index (χ0) is 15.1. The molecule has 2 nitrogen and oxygen atoms in total. The first-order valence-corrected chi connectivity index (χ1v) is 8.84. The zero-order valence-corrected chi connectivity index (χ0v) is 14.3. The summed E-state index contributed by atoms with van der Waals surface area (Å²) in [5.41, 5.74) is 2.61. The number of halogens is 1. The van der Waals surface area contributed by atoms with E-state index in [1.165, 1.54) is 43.4 Å². The summed E-state index contributed by atoms with van der Waals surface area (Å²) in [6.07, 6.45) is 6.09. The van der Waals surface area contributed by atoms with Crippen LogP contribution >= 0.6 is 11.6 Å². The Kier molecular flexibility index (Phi) is 7.01. The van der Waals surface area contributed by atoms with Crippen LogP contribution in [0.2, 0.25) is 5.02 Å². The maximum absolute atomic E-state index is 6.37. The molecule has 1 heterocycles. The smallest absolute Gasteiger partial charge is 0.0441 e. The fraction of sp³-hybridized carbons (Fsp3) is 0.667. The Balaban J connectivity index is 2.04. The molecular weight excluding hydrogens is 280 g/mol. The molecule has 0 radical (unpaired) electrons. The lowest BCUT2D eigenvalue weighted by molar-refractivity contribution is 0.152. The second kappa shape index (κ2) is 8.77. The highest BCUT2D eigenvalue weighted by Gasteiger charge is 2.20. The van der Waals surface area contributed by atoms with Gasteiger partial charge >= 0.3 is 0 Å². The second-order valence-corrected chi connectivity index (χ2v) is 6.49. The maximum Gasteiger partial charge on any atom is 0.0441 e. The number of rotatable bonds is 7. The third-order valence-corrected chi connectivity index (χ3v) is 4.86. The predicted octanol–water partition coefficient (Wildman–Crippen LogP) is 4.26. The first kappa shape index (κ1) is 16.8. The van der Waals surface area contributed by atoms with Gasteiger partial charge in [0.1, 0.15) is 0 Å². The standard InChI is InChI=1S/C18H29ClN2/c1-3-5-12-21(17-8-10-20-11-9-17)14-15-6-7-16(4-2)18(19)13-15/h6-7,13,17,20H,3-5,8-12,14H2,1-2H3. The van der Waals surface area contributed by atoms with E-state index < -0.39 is 0 Å². The van der Waals surface area contributed by atoms with Crippen molar-refractivity contribution in [3.8, 4) is 0 Å². The molecule has 1 fully saturated rings. The maximum atomic E-state index is 6.37. The quantitative estimate of drug-likeness (QED) is 0.810. The lowest BCUT2D eigenvalue weighted by Crippen LogP contribution is -2.43. The van der Waals surface area contributed by atoms with Crippen LogP contribution in [0, 0.1) is 0 Å². The molecule has 1 aliphatic rings. The van der Waals surface area contributed by atoms with E-state index in [1.807, 2.05) is 0 Å². The minimum absolute atomic E-state index is 0.724. The summed E-state index contributed by atoms with van der Waals surface area (Å²) in [5, 5.41) is 4.39. The average molecular weight is 309 g/mol. The molecule has 1 aliphatic heterocycles. The number of benzene rings is 1. The Labute approximate surface area is 134 Å². The predicted molar refractivity (Wildman–Crippen MR) is 92.0 cm³/mol. The summed E-state index contributed by atoms with van der Waals surface area (Å²) in [6, 6.07) is 7.34. The van der Waals surface area contributed by atoms with Crippen molar-refractivity contribution in [3.63, 3.8) is 0 Å². The van der Waals surface area contributed by atoms with Gasteiger partial charge in [0, 0.05) is 17.6 Å². The van der Waals surface area contributed by atoms with Crippen molar-refractivity contribution in [3.05, 3.63) is 34.3 Å². The van der Waals surface area contributed by atoms with Gasteiger partial charge in [-0.25, -0.2) is 0 Å². The van der Waals surface area contributed by atoms with E-state index in [2.05, 4.69) is 42.3 Å². The van der Waals surface area contributed by atoms with Crippen molar-refractivity contribution in [1.82, 2.24) is 10.2 Å². The number of unbranched alkanes of at least 4 members (excludes halogenated alkanes) is 1. The van der Waals surface area contributed by atoms with Gasteiger partial charge in [0.15, 0.2) is 0 Å². The van der Waals surface area contributed by atoms with Crippen molar-refractivity contribution in [2.45, 2.75) is 58.5 Å². The molecule has 0 amide bonds. The summed E-state index contributed by atoms with van der Waals surface area (Å²) in [4.78, 5) is 2.67. The third-order valence-electron chi connectivity index (χ3n) is 4.51. The highest BCUT2D eigenvalue weighted by atomic mass is 35.5. The molecule has 0 aromatic heterocycles. The molecule has 1 aromatic carbocycles. The Morgan fingerprint density at radius 2 is 2.00 bits per heavy atom. The first-order valence-electron chi connectivity index (χ1n) is 8.46. The van der Waals surface area contributed by atoms with E-state index in [0.717, 1.165) is 37.1 Å². The summed E-state index contributed by atoms with van der Waals surface area (Å²) in [6.45, 7) is 8.98. The molecule has 0 atom stereocenters. The fourth-order valence-electron chi connectivity index (χ4n) is 3.13. The number of hydrogen-bond donors (Lipinski definition) is 1. The second-order valence-electron chi connectivity index (χ2n) is 6.08. The summed E-state index contributed by atoms with van der Waals surface area (Å²) in [7, 11) is 0. The van der Waals surface area contributed by atoms with Gasteiger partial charge in [-0.2, -0.15) is 0 Å². The van der Waals surface area contributed by atoms with E-state index in [0.29, 0.717) is 0 Å². The van der Waals surface area contributed by atoms with Gasteiger partial charge < -0.3 is 5.32 Å². The zero-order valence-electron chi connectivity index (χ0n) is 13.5. The van der Waals surface area contributed by atoms with Crippen LogP contribution in [-0.4, -0.2) is 30.6 Å². The van der Waals surface area contributed by atoms with Crippen LogP contribution < -0.4 is 5.32 Å². The van der Waals surface area contributed by atoms with Crippen molar-refractivity contribution in [2.24, 2.45) is 0 Å². The molecule has 118 valence electrons. The monoisotopic (exact) mass is 308 g/mol. The highest BCUT2D eigenvalue weighted by molar-refractivity contribution is 6.31. The highest BCUT2D eigenvalue weighted by Crippen LogP contribution is 2.22. The van der Waals surface area contributed by atoms with E-state index in [9.17, 15) is 0 Å². The van der Waals surface area contributed by atoms with E-state index in [-0.39, 0.29) is 0 Å². The van der Waals surface area contributed by atoms with E-state index in [1.54, 1.807) is 0 Å². The van der Waals surface area contributed by atoms with Crippen LogP contribution in [0.15, 0.2) is 18.2 Å². The molecule has 21 heavy (non-hydrogen) atoms. The van der Waals surface area contributed by atoms with Crippen molar-refractivity contribution in [2.75, 3.05) is 19.6 Å². The molecule has 1 aromatic rings. The molecule has 0 unspecified atom stereocenters. The Hall–Kier alpha value is -0.570. The minimum Gasteiger partial charge on any atom is -0.317 e. The summed E-state index contributed by atoms with van der Waals surface area (Å²) < 4.78 is 0. The van der Waals surface area contributed by atoms with E-state index >= 15 is 0 Å². The van der Waals surface area contributed by atoms with Crippen LogP contribution in [-0.2, 0) is 13.0 Å². The topological polar surface area (TPSA) is 15.3 Å². The normalized spacial score (nSPS) is 16.6. The van der Waals surface area contributed by atoms with Gasteiger partial charge in [-0.05, 0) is 62.5 Å². The van der Waals surface area contributed by atoms with Crippen LogP contribution in [0.1, 0.15) is 50.7 Å². The largest absolute Gasteiger partial charge is 0.317 e. The van der Waals surface area contributed by atoms with Gasteiger partial charge in [-0.15, -0.1) is 0 Å². The van der Waals surface area contributed by atoms with Crippen LogP contribution in [0.25, 0.3) is 0 Å². The lowest BCUT2D eigenvalue weighted by Gasteiger charge is -2.35. The number of nitrogens with one attached hydrogen (secondary N) is 1. The van der Waals surface area contributed by atoms with Gasteiger partial charge in [-0.3, -0.25) is 4.90 Å². The number of nitrogens with zero attached hydrogens (tertiary/aromatic N) is 1. The summed E-state index contributed by atoms with van der Waals surface area (Å²) in [5.74, 6) is 0. The van der Waals surface area contributed by atoms with Crippen molar-refractivity contribution < 1.29 is 0 Å². The Morgan fingerprint density at radius 3 is 2.62 bits per heavy atom. The molecule has 3 heteroatoms. The van der Waals surface area contributed by atoms with Gasteiger partial charge in [0.2, 0.25) is 0 Å². The molecular formula is C18H29ClN2. The molecule has 2 rings (SSSR count). The van der Waals surface area contributed by atoms with Gasteiger partial charge in [0.25, 0.3) is 0 Å². The molecule has 1 saturated heterocycles. The Bertz CT molecular complexity index is 427. The van der Waals surface area contributed by atoms with Crippen LogP contribution in [0.3, 0.4) is 0 Å². The SMILES string of the molecule is CCCCN(Cc1ccc(CC)c(Cl)c1)C1CCNCC1. The molecule has 0 aliphatic carbocycles. The van der Waals surface area contributed by atoms with Gasteiger partial charge in [-0.1, -0.05) is 44.0 Å². The third kappa shape index (κ3) is 4.98. The minimum atomic E-state index is 0.724. The van der Waals surface area contributed by atoms with Crippen LogP contribution in [0.4, 0.5) is 0 Å². The molecule has 0 saturated carbocycles. The molecule has 0 bridgehead atoms. The van der Waals surface area contributed by atoms with Gasteiger partial charge in [0.05, 0.1) is 0 Å². The van der Waals surface area contributed by atoms with Crippen molar-refractivity contribution in [1.29, 1.82) is 0 Å². The molecule has 0 spiro atoms.